The SMILES string of the molecule is N#Cc1ccc(Cl)cc1NC(=O)c1ccc(Cl)cc1Cl. The Labute approximate surface area is 130 Å². The van der Waals surface area contributed by atoms with Crippen molar-refractivity contribution in [3.05, 3.63) is 62.6 Å². The fourth-order valence-electron chi connectivity index (χ4n) is 1.58. The molecule has 1 amide bonds. The van der Waals surface area contributed by atoms with Crippen LogP contribution in [0.5, 0.6) is 0 Å². The van der Waals surface area contributed by atoms with Gasteiger partial charge in [0.1, 0.15) is 6.07 Å². The minimum Gasteiger partial charge on any atom is -0.321 e. The monoisotopic (exact) mass is 324 g/mol. The second-order valence-electron chi connectivity index (χ2n) is 3.88. The van der Waals surface area contributed by atoms with Gasteiger partial charge in [0.25, 0.3) is 5.91 Å². The first-order valence-electron chi connectivity index (χ1n) is 5.47. The van der Waals surface area contributed by atoms with Gasteiger partial charge in [-0.05, 0) is 36.4 Å². The fourth-order valence-corrected chi connectivity index (χ4v) is 2.25. The number of carbonyl (C=O) groups is 1. The average Bonchev–Trinajstić information content (AvgIpc) is 2.38. The van der Waals surface area contributed by atoms with Crippen LogP contribution in [0.1, 0.15) is 15.9 Å². The zero-order valence-electron chi connectivity index (χ0n) is 9.95. The van der Waals surface area contributed by atoms with Crippen LogP contribution in [0, 0.1) is 11.3 Å². The molecule has 100 valence electrons. The maximum atomic E-state index is 12.1. The molecular weight excluding hydrogens is 319 g/mol. The van der Waals surface area contributed by atoms with Gasteiger partial charge in [0.05, 0.1) is 21.8 Å². The van der Waals surface area contributed by atoms with E-state index in [0.717, 1.165) is 0 Å². The summed E-state index contributed by atoms with van der Waals surface area (Å²) in [7, 11) is 0. The molecule has 0 aliphatic rings. The van der Waals surface area contributed by atoms with E-state index < -0.39 is 5.91 Å². The highest BCUT2D eigenvalue weighted by molar-refractivity contribution is 6.37. The number of halogens is 3. The van der Waals surface area contributed by atoms with Crippen LogP contribution in [-0.2, 0) is 0 Å². The molecule has 3 nitrogen and oxygen atoms in total. The van der Waals surface area contributed by atoms with E-state index >= 15 is 0 Å². The smallest absolute Gasteiger partial charge is 0.257 e. The highest BCUT2D eigenvalue weighted by Gasteiger charge is 2.13. The molecule has 0 fully saturated rings. The molecule has 2 aromatic rings. The lowest BCUT2D eigenvalue weighted by atomic mass is 10.1. The summed E-state index contributed by atoms with van der Waals surface area (Å²) in [5.41, 5.74) is 0.906. The van der Waals surface area contributed by atoms with Crippen molar-refractivity contribution >= 4 is 46.4 Å². The first-order valence-corrected chi connectivity index (χ1v) is 6.60. The summed E-state index contributed by atoms with van der Waals surface area (Å²) >= 11 is 17.6. The van der Waals surface area contributed by atoms with Crippen molar-refractivity contribution in [1.82, 2.24) is 0 Å². The number of rotatable bonds is 2. The summed E-state index contributed by atoms with van der Waals surface area (Å²) in [5, 5.41) is 12.7. The van der Waals surface area contributed by atoms with Gasteiger partial charge in [0, 0.05) is 10.0 Å². The minimum absolute atomic E-state index is 0.232. The van der Waals surface area contributed by atoms with Crippen molar-refractivity contribution in [3.63, 3.8) is 0 Å². The molecular formula is C14H7Cl3N2O. The maximum Gasteiger partial charge on any atom is 0.257 e. The number of nitrogens with zero attached hydrogens (tertiary/aromatic N) is 1. The van der Waals surface area contributed by atoms with E-state index in [2.05, 4.69) is 5.32 Å². The third kappa shape index (κ3) is 3.23. The van der Waals surface area contributed by atoms with Gasteiger partial charge in [-0.1, -0.05) is 34.8 Å². The van der Waals surface area contributed by atoms with Gasteiger partial charge in [0.15, 0.2) is 0 Å². The summed E-state index contributed by atoms with van der Waals surface area (Å²) in [6.45, 7) is 0. The third-order valence-electron chi connectivity index (χ3n) is 2.53. The molecule has 1 N–H and O–H groups in total. The summed E-state index contributed by atoms with van der Waals surface area (Å²) in [6, 6.07) is 11.1. The van der Waals surface area contributed by atoms with Crippen LogP contribution < -0.4 is 5.32 Å². The van der Waals surface area contributed by atoms with Gasteiger partial charge in [-0.25, -0.2) is 0 Å². The lowest BCUT2D eigenvalue weighted by Gasteiger charge is -2.09. The fraction of sp³-hybridized carbons (Fsp3) is 0. The van der Waals surface area contributed by atoms with Crippen molar-refractivity contribution < 1.29 is 4.79 Å². The summed E-state index contributed by atoms with van der Waals surface area (Å²) in [6.07, 6.45) is 0. The Hall–Kier alpha value is -1.73. The molecule has 0 aliphatic carbocycles. The molecule has 2 aromatic carbocycles. The Morgan fingerprint density at radius 3 is 2.35 bits per heavy atom. The number of benzene rings is 2. The van der Waals surface area contributed by atoms with Gasteiger partial charge in [0.2, 0.25) is 0 Å². The van der Waals surface area contributed by atoms with Crippen LogP contribution in [0.3, 0.4) is 0 Å². The minimum atomic E-state index is -0.439. The number of nitrogens with one attached hydrogen (secondary N) is 1. The second-order valence-corrected chi connectivity index (χ2v) is 5.16. The topological polar surface area (TPSA) is 52.9 Å². The molecule has 0 saturated carbocycles. The quantitative estimate of drug-likeness (QED) is 0.864. The van der Waals surface area contributed by atoms with E-state index in [1.54, 1.807) is 12.1 Å². The van der Waals surface area contributed by atoms with Crippen LogP contribution in [0.4, 0.5) is 5.69 Å². The van der Waals surface area contributed by atoms with Gasteiger partial charge in [-0.3, -0.25) is 4.79 Å². The number of anilines is 1. The molecule has 0 bridgehead atoms. The Balaban J connectivity index is 2.33. The molecule has 0 unspecified atom stereocenters. The van der Waals surface area contributed by atoms with Gasteiger partial charge >= 0.3 is 0 Å². The summed E-state index contributed by atoms with van der Waals surface area (Å²) < 4.78 is 0. The molecule has 20 heavy (non-hydrogen) atoms. The molecule has 0 atom stereocenters. The number of amides is 1. The summed E-state index contributed by atoms with van der Waals surface area (Å²) in [4.78, 5) is 12.1. The first kappa shape index (κ1) is 14.7. The van der Waals surface area contributed by atoms with Crippen molar-refractivity contribution in [2.24, 2.45) is 0 Å². The molecule has 0 spiro atoms. The Kier molecular flexibility index (Phi) is 4.51. The lowest BCUT2D eigenvalue weighted by Crippen LogP contribution is -2.13. The number of nitriles is 1. The highest BCUT2D eigenvalue weighted by atomic mass is 35.5. The van der Waals surface area contributed by atoms with E-state index in [1.807, 2.05) is 6.07 Å². The predicted octanol–water partition coefficient (Wildman–Crippen LogP) is 4.77. The third-order valence-corrected chi connectivity index (χ3v) is 3.31. The standard InChI is InChI=1S/C14H7Cl3N2O/c15-9-3-4-11(12(17)5-9)14(20)19-13-6-10(16)2-1-8(13)7-18/h1-6H,(H,19,20). The van der Waals surface area contributed by atoms with Crippen LogP contribution >= 0.6 is 34.8 Å². The van der Waals surface area contributed by atoms with Crippen molar-refractivity contribution in [2.45, 2.75) is 0 Å². The molecule has 0 heterocycles. The molecule has 0 aromatic heterocycles. The van der Waals surface area contributed by atoms with Crippen LogP contribution in [0.25, 0.3) is 0 Å². The second kappa shape index (κ2) is 6.15. The predicted molar refractivity (Wildman–Crippen MR) is 80.6 cm³/mol. The molecule has 2 rings (SSSR count). The molecule has 0 saturated heterocycles. The van der Waals surface area contributed by atoms with E-state index in [9.17, 15) is 4.79 Å². The largest absolute Gasteiger partial charge is 0.321 e. The van der Waals surface area contributed by atoms with E-state index in [4.69, 9.17) is 40.1 Å². The van der Waals surface area contributed by atoms with Gasteiger partial charge in [-0.15, -0.1) is 0 Å². The van der Waals surface area contributed by atoms with E-state index in [0.29, 0.717) is 21.3 Å². The van der Waals surface area contributed by atoms with E-state index in [-0.39, 0.29) is 10.6 Å². The normalized spacial score (nSPS) is 9.90. The van der Waals surface area contributed by atoms with Crippen LogP contribution in [0.15, 0.2) is 36.4 Å². The Morgan fingerprint density at radius 1 is 1.05 bits per heavy atom. The molecule has 6 heteroatoms. The maximum absolute atomic E-state index is 12.1. The summed E-state index contributed by atoms with van der Waals surface area (Å²) in [5.74, 6) is -0.439. The van der Waals surface area contributed by atoms with Gasteiger partial charge < -0.3 is 5.32 Å². The van der Waals surface area contributed by atoms with Crippen LogP contribution in [0.2, 0.25) is 15.1 Å². The van der Waals surface area contributed by atoms with E-state index in [1.165, 1.54) is 24.3 Å². The zero-order valence-corrected chi connectivity index (χ0v) is 12.2. The Morgan fingerprint density at radius 2 is 1.70 bits per heavy atom. The number of hydrogen-bond donors (Lipinski definition) is 1. The highest BCUT2D eigenvalue weighted by Crippen LogP contribution is 2.24. The number of hydrogen-bond acceptors (Lipinski definition) is 2. The average molecular weight is 326 g/mol. The molecule has 0 aliphatic heterocycles. The first-order chi connectivity index (χ1) is 9.51. The van der Waals surface area contributed by atoms with Crippen molar-refractivity contribution in [2.75, 3.05) is 5.32 Å². The number of carbonyl (C=O) groups excluding carboxylic acids is 1. The van der Waals surface area contributed by atoms with Crippen molar-refractivity contribution in [1.29, 1.82) is 5.26 Å². The zero-order chi connectivity index (χ0) is 14.7. The molecule has 0 radical (unpaired) electrons. The lowest BCUT2D eigenvalue weighted by molar-refractivity contribution is 0.102. The van der Waals surface area contributed by atoms with Gasteiger partial charge in [-0.2, -0.15) is 5.26 Å². The Bertz CT molecular complexity index is 723. The van der Waals surface area contributed by atoms with Crippen molar-refractivity contribution in [3.8, 4) is 6.07 Å². The van der Waals surface area contributed by atoms with Crippen LogP contribution in [-0.4, -0.2) is 5.91 Å².